The van der Waals surface area contributed by atoms with E-state index in [1.807, 2.05) is 11.4 Å². The van der Waals surface area contributed by atoms with Crippen molar-refractivity contribution in [2.75, 3.05) is 43.2 Å². The van der Waals surface area contributed by atoms with E-state index in [4.69, 9.17) is 20.4 Å². The van der Waals surface area contributed by atoms with Crippen molar-refractivity contribution in [3.63, 3.8) is 0 Å². The second-order valence-electron chi connectivity index (χ2n) is 7.43. The van der Waals surface area contributed by atoms with E-state index in [0.717, 1.165) is 40.3 Å². The van der Waals surface area contributed by atoms with Crippen molar-refractivity contribution < 1.29 is 13.2 Å². The molecule has 0 spiro atoms. The molecule has 0 amide bonds. The number of nitrogen functional groups attached to an aromatic ring is 1. The lowest BCUT2D eigenvalue weighted by Gasteiger charge is -2.28. The van der Waals surface area contributed by atoms with Crippen LogP contribution in [-0.4, -0.2) is 60.9 Å². The highest BCUT2D eigenvalue weighted by atomic mass is 32.2. The Kier molecular flexibility index (Phi) is 5.24. The Labute approximate surface area is 188 Å². The minimum atomic E-state index is -3.33. The number of hydrogen-bond donors (Lipinski definition) is 1. The zero-order valence-corrected chi connectivity index (χ0v) is 18.9. The summed E-state index contributed by atoms with van der Waals surface area (Å²) in [5.74, 6) is 1.48. The molecule has 164 valence electrons. The van der Waals surface area contributed by atoms with Gasteiger partial charge in [0.1, 0.15) is 0 Å². The molecule has 4 heterocycles. The normalized spacial score (nSPS) is 14.7. The first-order valence-corrected chi connectivity index (χ1v) is 12.7. The smallest absolute Gasteiger partial charge is 0.219 e. The molecular weight excluding hydrogens is 448 g/mol. The van der Waals surface area contributed by atoms with Gasteiger partial charge in [-0.25, -0.2) is 28.4 Å². The molecule has 32 heavy (non-hydrogen) atoms. The number of nitrogens with two attached hydrogens (primary N) is 1. The van der Waals surface area contributed by atoms with Crippen molar-refractivity contribution in [2.24, 2.45) is 0 Å². The molecular formula is C21H20N6O3S2. The summed E-state index contributed by atoms with van der Waals surface area (Å²) in [7, 11) is -3.33. The Bertz CT molecular complexity index is 1400. The molecule has 3 aromatic heterocycles. The summed E-state index contributed by atoms with van der Waals surface area (Å²) >= 11 is 1.54. The molecule has 11 heteroatoms. The lowest BCUT2D eigenvalue weighted by atomic mass is 10.1. The molecule has 0 bridgehead atoms. The molecule has 5 rings (SSSR count). The number of nitrogens with zero attached hydrogens (tertiary/aromatic N) is 5. The highest BCUT2D eigenvalue weighted by Crippen LogP contribution is 2.39. The molecule has 0 unspecified atom stereocenters. The number of aromatic nitrogens is 4. The van der Waals surface area contributed by atoms with Crippen molar-refractivity contribution in [1.29, 1.82) is 0 Å². The van der Waals surface area contributed by atoms with E-state index in [0.29, 0.717) is 24.6 Å². The molecule has 1 saturated heterocycles. The van der Waals surface area contributed by atoms with Crippen LogP contribution in [0.4, 0.5) is 11.8 Å². The van der Waals surface area contributed by atoms with Crippen molar-refractivity contribution in [3.05, 3.63) is 42.0 Å². The first kappa shape index (κ1) is 20.7. The Morgan fingerprint density at radius 1 is 1.09 bits per heavy atom. The second kappa shape index (κ2) is 8.08. The number of hydrogen-bond acceptors (Lipinski definition) is 10. The Balaban J connectivity index is 1.72. The van der Waals surface area contributed by atoms with E-state index in [-0.39, 0.29) is 10.8 Å². The van der Waals surface area contributed by atoms with Crippen LogP contribution < -0.4 is 10.6 Å². The van der Waals surface area contributed by atoms with Gasteiger partial charge < -0.3 is 15.4 Å². The Morgan fingerprint density at radius 2 is 1.84 bits per heavy atom. The Hall–Kier alpha value is -3.15. The summed E-state index contributed by atoms with van der Waals surface area (Å²) in [6.45, 7) is 2.70. The number of morpholine rings is 1. The zero-order chi connectivity index (χ0) is 22.3. The van der Waals surface area contributed by atoms with E-state index in [1.165, 1.54) is 6.26 Å². The van der Waals surface area contributed by atoms with Crippen LogP contribution in [0.25, 0.3) is 32.7 Å². The van der Waals surface area contributed by atoms with Crippen LogP contribution in [-0.2, 0) is 14.6 Å². The summed E-state index contributed by atoms with van der Waals surface area (Å²) in [5.41, 5.74) is 8.68. The summed E-state index contributed by atoms with van der Waals surface area (Å²) in [4.78, 5) is 20.3. The third-order valence-corrected chi connectivity index (χ3v) is 7.29. The SMILES string of the molecule is CS(=O)(=O)c1cccc(-c2csc3c(N4CCOCC4)nc(-c4cnc(N)nc4)nc23)c1. The lowest BCUT2D eigenvalue weighted by Crippen LogP contribution is -2.36. The molecule has 0 radical (unpaired) electrons. The summed E-state index contributed by atoms with van der Waals surface area (Å²) in [6, 6.07) is 6.91. The number of rotatable bonds is 4. The maximum Gasteiger partial charge on any atom is 0.219 e. The number of thiophene rings is 1. The molecule has 4 aromatic rings. The fraction of sp³-hybridized carbons (Fsp3) is 0.238. The summed E-state index contributed by atoms with van der Waals surface area (Å²) in [6.07, 6.45) is 4.40. The van der Waals surface area contributed by atoms with Gasteiger partial charge in [-0.2, -0.15) is 0 Å². The lowest BCUT2D eigenvalue weighted by molar-refractivity contribution is 0.122. The van der Waals surface area contributed by atoms with Crippen LogP contribution in [0.3, 0.4) is 0 Å². The maximum absolute atomic E-state index is 12.1. The molecule has 0 aliphatic carbocycles. The van der Waals surface area contributed by atoms with Gasteiger partial charge in [0.05, 0.1) is 33.9 Å². The number of fused-ring (bicyclic) bond motifs is 1. The number of sulfone groups is 1. The molecule has 1 fully saturated rings. The van der Waals surface area contributed by atoms with Gasteiger partial charge in [0, 0.05) is 42.7 Å². The minimum absolute atomic E-state index is 0.178. The molecule has 1 aliphatic rings. The van der Waals surface area contributed by atoms with Crippen molar-refractivity contribution in [3.8, 4) is 22.5 Å². The third-order valence-electron chi connectivity index (χ3n) is 5.21. The molecule has 0 saturated carbocycles. The molecule has 1 aliphatic heterocycles. The van der Waals surface area contributed by atoms with Crippen LogP contribution in [0, 0.1) is 0 Å². The largest absolute Gasteiger partial charge is 0.378 e. The van der Waals surface area contributed by atoms with Gasteiger partial charge in [-0.3, -0.25) is 0 Å². The van der Waals surface area contributed by atoms with Crippen molar-refractivity contribution in [2.45, 2.75) is 4.90 Å². The predicted octanol–water partition coefficient (Wildman–Crippen LogP) is 2.64. The van der Waals surface area contributed by atoms with Crippen molar-refractivity contribution >= 4 is 43.2 Å². The van der Waals surface area contributed by atoms with Gasteiger partial charge in [0.25, 0.3) is 0 Å². The van der Waals surface area contributed by atoms with Crippen molar-refractivity contribution in [1.82, 2.24) is 19.9 Å². The van der Waals surface area contributed by atoms with E-state index in [9.17, 15) is 8.42 Å². The third kappa shape index (κ3) is 3.90. The van der Waals surface area contributed by atoms with Gasteiger partial charge in [-0.05, 0) is 17.7 Å². The maximum atomic E-state index is 12.1. The second-order valence-corrected chi connectivity index (χ2v) is 10.3. The average molecular weight is 469 g/mol. The van der Waals surface area contributed by atoms with Gasteiger partial charge in [0.15, 0.2) is 21.5 Å². The Morgan fingerprint density at radius 3 is 2.56 bits per heavy atom. The molecule has 1 aromatic carbocycles. The van der Waals surface area contributed by atoms with E-state index in [2.05, 4.69) is 14.9 Å². The number of ether oxygens (including phenoxy) is 1. The van der Waals surface area contributed by atoms with Gasteiger partial charge >= 0.3 is 0 Å². The van der Waals surface area contributed by atoms with Crippen LogP contribution in [0.2, 0.25) is 0 Å². The van der Waals surface area contributed by atoms with Gasteiger partial charge in [-0.15, -0.1) is 11.3 Å². The van der Waals surface area contributed by atoms with Gasteiger partial charge in [0.2, 0.25) is 5.95 Å². The van der Waals surface area contributed by atoms with Crippen LogP contribution in [0.15, 0.2) is 46.9 Å². The van der Waals surface area contributed by atoms with Gasteiger partial charge in [-0.1, -0.05) is 12.1 Å². The first-order valence-electron chi connectivity index (χ1n) is 9.90. The number of anilines is 2. The molecule has 9 nitrogen and oxygen atoms in total. The summed E-state index contributed by atoms with van der Waals surface area (Å²) < 4.78 is 30.6. The van der Waals surface area contributed by atoms with Crippen LogP contribution >= 0.6 is 11.3 Å². The van der Waals surface area contributed by atoms with E-state index < -0.39 is 9.84 Å². The number of benzene rings is 1. The highest BCUT2D eigenvalue weighted by Gasteiger charge is 2.22. The van der Waals surface area contributed by atoms with E-state index >= 15 is 0 Å². The minimum Gasteiger partial charge on any atom is -0.378 e. The summed E-state index contributed by atoms with van der Waals surface area (Å²) in [5, 5.41) is 1.99. The fourth-order valence-electron chi connectivity index (χ4n) is 3.57. The average Bonchev–Trinajstić information content (AvgIpc) is 3.23. The standard InChI is InChI=1S/C21H20N6O3S2/c1-32(28,29)15-4-2-3-13(9-15)16-12-31-18-17(16)25-19(14-10-23-21(22)24-11-14)26-20(18)27-5-7-30-8-6-27/h2-4,9-12H,5-8H2,1H3,(H2,22,23,24). The van der Waals surface area contributed by atoms with E-state index in [1.54, 1.807) is 41.9 Å². The monoisotopic (exact) mass is 468 g/mol. The van der Waals surface area contributed by atoms with Crippen LogP contribution in [0.1, 0.15) is 0 Å². The fourth-order valence-corrected chi connectivity index (χ4v) is 5.27. The highest BCUT2D eigenvalue weighted by molar-refractivity contribution is 7.90. The zero-order valence-electron chi connectivity index (χ0n) is 17.2. The first-order chi connectivity index (χ1) is 15.4. The molecule has 2 N–H and O–H groups in total. The quantitative estimate of drug-likeness (QED) is 0.481. The topological polar surface area (TPSA) is 124 Å². The predicted molar refractivity (Wildman–Crippen MR) is 124 cm³/mol. The van der Waals surface area contributed by atoms with Crippen LogP contribution in [0.5, 0.6) is 0 Å². The molecule has 0 atom stereocenters.